The molecule has 0 radical (unpaired) electrons. The number of nitrogens with two attached hydrogens (primary N) is 1. The number of carbonyl (C=O) groups excluding carboxylic acids is 1. The highest BCUT2D eigenvalue weighted by Crippen LogP contribution is 2.22. The molecule has 1 amide bonds. The molecule has 0 aliphatic rings. The maximum atomic E-state index is 12.4. The lowest BCUT2D eigenvalue weighted by molar-refractivity contribution is -0.117. The van der Waals surface area contributed by atoms with Crippen LogP contribution in [-0.4, -0.2) is 21.1 Å². The summed E-state index contributed by atoms with van der Waals surface area (Å²) in [7, 11) is 0. The Morgan fingerprint density at radius 2 is 2.15 bits per heavy atom. The van der Waals surface area contributed by atoms with Crippen molar-refractivity contribution in [3.8, 4) is 0 Å². The van der Waals surface area contributed by atoms with Gasteiger partial charge < -0.3 is 11.1 Å². The number of aromatic nitrogens is 2. The molecule has 6 heteroatoms. The van der Waals surface area contributed by atoms with Crippen LogP contribution in [0.25, 0.3) is 0 Å². The quantitative estimate of drug-likeness (QED) is 0.736. The fourth-order valence-corrected chi connectivity index (χ4v) is 2.19. The molecular formula is C14H16N4OS. The van der Waals surface area contributed by atoms with Gasteiger partial charge in [-0.15, -0.1) is 0 Å². The molecule has 0 aliphatic carbocycles. The second-order valence-corrected chi connectivity index (χ2v) is 4.82. The van der Waals surface area contributed by atoms with Crippen LogP contribution < -0.4 is 11.1 Å². The summed E-state index contributed by atoms with van der Waals surface area (Å²) in [5.74, 6) is 0.107. The SMILES string of the molecule is CCC(C(=O)Nc1[nH]ncc1C(N)=S)c1ccccc1. The number of carbonyl (C=O) groups is 1. The first kappa shape index (κ1) is 14.2. The molecule has 0 saturated heterocycles. The number of nitrogens with zero attached hydrogens (tertiary/aromatic N) is 1. The zero-order valence-corrected chi connectivity index (χ0v) is 11.9. The van der Waals surface area contributed by atoms with E-state index in [2.05, 4.69) is 15.5 Å². The van der Waals surface area contributed by atoms with Gasteiger partial charge in [0.1, 0.15) is 10.8 Å². The summed E-state index contributed by atoms with van der Waals surface area (Å²) in [5.41, 5.74) is 7.09. The molecule has 4 N–H and O–H groups in total. The summed E-state index contributed by atoms with van der Waals surface area (Å²) in [6.45, 7) is 1.97. The van der Waals surface area contributed by atoms with Crippen molar-refractivity contribution in [3.05, 3.63) is 47.7 Å². The average Bonchev–Trinajstić information content (AvgIpc) is 2.89. The van der Waals surface area contributed by atoms with Gasteiger partial charge >= 0.3 is 0 Å². The second-order valence-electron chi connectivity index (χ2n) is 4.38. The number of H-pyrrole nitrogens is 1. The van der Waals surface area contributed by atoms with Crippen LogP contribution in [0.4, 0.5) is 5.82 Å². The van der Waals surface area contributed by atoms with Crippen LogP contribution in [0.1, 0.15) is 30.4 Å². The average molecular weight is 288 g/mol. The predicted molar refractivity (Wildman–Crippen MR) is 82.6 cm³/mol. The van der Waals surface area contributed by atoms with E-state index >= 15 is 0 Å². The van der Waals surface area contributed by atoms with Gasteiger partial charge in [-0.1, -0.05) is 49.5 Å². The molecule has 1 atom stereocenters. The van der Waals surface area contributed by atoms with Crippen LogP contribution in [0.3, 0.4) is 0 Å². The minimum absolute atomic E-state index is 0.111. The summed E-state index contributed by atoms with van der Waals surface area (Å²) >= 11 is 4.91. The van der Waals surface area contributed by atoms with Crippen molar-refractivity contribution in [2.75, 3.05) is 5.32 Å². The standard InChI is InChI=1S/C14H16N4OS/c1-2-10(9-6-4-3-5-7-9)14(19)17-13-11(12(15)20)8-16-18-13/h3-8,10H,2H2,1H3,(H2,15,20)(H2,16,17,18,19). The third-order valence-corrected chi connectivity index (χ3v) is 3.30. The molecule has 20 heavy (non-hydrogen) atoms. The third kappa shape index (κ3) is 3.03. The largest absolute Gasteiger partial charge is 0.389 e. The van der Waals surface area contributed by atoms with Gasteiger partial charge in [0.2, 0.25) is 5.91 Å². The number of benzene rings is 1. The molecule has 5 nitrogen and oxygen atoms in total. The number of hydrogen-bond acceptors (Lipinski definition) is 3. The van der Waals surface area contributed by atoms with E-state index in [9.17, 15) is 4.79 Å². The van der Waals surface area contributed by atoms with E-state index in [0.717, 1.165) is 5.56 Å². The number of amides is 1. The van der Waals surface area contributed by atoms with Gasteiger partial charge in [0, 0.05) is 0 Å². The number of rotatable bonds is 5. The number of thiocarbonyl (C=S) groups is 1. The van der Waals surface area contributed by atoms with E-state index in [1.165, 1.54) is 6.20 Å². The van der Waals surface area contributed by atoms with Crippen molar-refractivity contribution >= 4 is 28.9 Å². The minimum Gasteiger partial charge on any atom is -0.389 e. The molecule has 0 saturated carbocycles. The Balaban J connectivity index is 2.18. The molecule has 0 bridgehead atoms. The van der Waals surface area contributed by atoms with Gasteiger partial charge in [-0.25, -0.2) is 0 Å². The molecule has 104 valence electrons. The Hall–Kier alpha value is -2.21. The van der Waals surface area contributed by atoms with Gasteiger partial charge in [-0.2, -0.15) is 5.10 Å². The number of nitrogens with one attached hydrogen (secondary N) is 2. The maximum Gasteiger partial charge on any atom is 0.233 e. The zero-order valence-electron chi connectivity index (χ0n) is 11.1. The van der Waals surface area contributed by atoms with Gasteiger partial charge in [-0.05, 0) is 12.0 Å². The fourth-order valence-electron chi connectivity index (χ4n) is 2.04. The molecule has 0 aliphatic heterocycles. The summed E-state index contributed by atoms with van der Waals surface area (Å²) < 4.78 is 0. The van der Waals surface area contributed by atoms with Crippen molar-refractivity contribution < 1.29 is 4.79 Å². The first-order valence-electron chi connectivity index (χ1n) is 6.32. The van der Waals surface area contributed by atoms with Crippen molar-refractivity contribution in [2.45, 2.75) is 19.3 Å². The number of hydrogen-bond donors (Lipinski definition) is 3. The van der Waals surface area contributed by atoms with Gasteiger partial charge in [0.25, 0.3) is 0 Å². The molecule has 1 heterocycles. The van der Waals surface area contributed by atoms with Crippen LogP contribution in [0.2, 0.25) is 0 Å². The Labute approximate surface area is 122 Å². The molecule has 2 rings (SSSR count). The molecule has 1 aromatic heterocycles. The van der Waals surface area contributed by atoms with Crippen LogP contribution in [0, 0.1) is 0 Å². The van der Waals surface area contributed by atoms with Gasteiger partial charge in [0.05, 0.1) is 17.7 Å². The molecule has 0 spiro atoms. The molecule has 2 aromatic rings. The van der Waals surface area contributed by atoms with E-state index < -0.39 is 0 Å². The third-order valence-electron chi connectivity index (χ3n) is 3.08. The van der Waals surface area contributed by atoms with E-state index in [-0.39, 0.29) is 16.8 Å². The Kier molecular flexibility index (Phi) is 4.47. The highest BCUT2D eigenvalue weighted by Gasteiger charge is 2.20. The van der Waals surface area contributed by atoms with E-state index in [4.69, 9.17) is 18.0 Å². The van der Waals surface area contributed by atoms with Gasteiger partial charge in [-0.3, -0.25) is 9.89 Å². The lowest BCUT2D eigenvalue weighted by Gasteiger charge is -2.15. The summed E-state index contributed by atoms with van der Waals surface area (Å²) in [6.07, 6.45) is 2.20. The Morgan fingerprint density at radius 3 is 2.75 bits per heavy atom. The van der Waals surface area contributed by atoms with Crippen LogP contribution in [0.5, 0.6) is 0 Å². The summed E-state index contributed by atoms with van der Waals surface area (Å²) in [4.78, 5) is 12.6. The predicted octanol–water partition coefficient (Wildman–Crippen LogP) is 2.18. The van der Waals surface area contributed by atoms with Crippen LogP contribution in [0.15, 0.2) is 36.5 Å². The lowest BCUT2D eigenvalue weighted by atomic mass is 9.95. The molecule has 1 aromatic carbocycles. The lowest BCUT2D eigenvalue weighted by Crippen LogP contribution is -2.22. The highest BCUT2D eigenvalue weighted by atomic mass is 32.1. The van der Waals surface area contributed by atoms with Crippen molar-refractivity contribution in [1.29, 1.82) is 0 Å². The number of aromatic amines is 1. The first-order valence-corrected chi connectivity index (χ1v) is 6.73. The molecular weight excluding hydrogens is 272 g/mol. The normalized spacial score (nSPS) is 11.8. The number of anilines is 1. The van der Waals surface area contributed by atoms with Crippen molar-refractivity contribution in [2.24, 2.45) is 5.73 Å². The van der Waals surface area contributed by atoms with Crippen LogP contribution >= 0.6 is 12.2 Å². The smallest absolute Gasteiger partial charge is 0.233 e. The molecule has 0 fully saturated rings. The van der Waals surface area contributed by atoms with E-state index in [1.807, 2.05) is 37.3 Å². The first-order chi connectivity index (χ1) is 9.63. The summed E-state index contributed by atoms with van der Waals surface area (Å²) in [5, 5.41) is 9.34. The second kappa shape index (κ2) is 6.29. The van der Waals surface area contributed by atoms with Gasteiger partial charge in [0.15, 0.2) is 0 Å². The summed E-state index contributed by atoms with van der Waals surface area (Å²) in [6, 6.07) is 9.64. The van der Waals surface area contributed by atoms with Crippen molar-refractivity contribution in [1.82, 2.24) is 10.2 Å². The van der Waals surface area contributed by atoms with Crippen LogP contribution in [-0.2, 0) is 4.79 Å². The Morgan fingerprint density at radius 1 is 1.45 bits per heavy atom. The fraction of sp³-hybridized carbons (Fsp3) is 0.214. The van der Waals surface area contributed by atoms with Crippen molar-refractivity contribution in [3.63, 3.8) is 0 Å². The monoisotopic (exact) mass is 288 g/mol. The van der Waals surface area contributed by atoms with E-state index in [1.54, 1.807) is 0 Å². The molecule has 1 unspecified atom stereocenters. The Bertz CT molecular complexity index is 609. The van der Waals surface area contributed by atoms with E-state index in [0.29, 0.717) is 17.8 Å². The maximum absolute atomic E-state index is 12.4. The minimum atomic E-state index is -0.223. The topological polar surface area (TPSA) is 83.8 Å². The highest BCUT2D eigenvalue weighted by molar-refractivity contribution is 7.80. The zero-order chi connectivity index (χ0) is 14.5.